The average Bonchev–Trinajstić information content (AvgIpc) is 3.35. The predicted octanol–water partition coefficient (Wildman–Crippen LogP) is 4.10. The summed E-state index contributed by atoms with van der Waals surface area (Å²) in [7, 11) is 1.87. The van der Waals surface area contributed by atoms with Crippen molar-refractivity contribution in [3.05, 3.63) is 41.2 Å². The van der Waals surface area contributed by atoms with Gasteiger partial charge in [-0.2, -0.15) is 9.40 Å². The Hall–Kier alpha value is -2.80. The second-order valence-corrected chi connectivity index (χ2v) is 16.6. The van der Waals surface area contributed by atoms with Crippen molar-refractivity contribution < 1.29 is 18.0 Å². The standard InChI is InChI=1S/C36H57N7O4S/c1-7-8-20-42-34(44)33(25-29-12-10-9-11-13-29)37-35(45)36(42)18-21-41(22-19-36)26-32-27(2)38-43(28(32)3)30-14-16-31(17-15-30)48(46,47)40(6)24-23-39(4)5/h14-17,29,33H,7-13,18-26H2,1-6H3,(H,37,45). The van der Waals surface area contributed by atoms with Crippen molar-refractivity contribution in [3.63, 3.8) is 0 Å². The number of likely N-dealkylation sites (tertiary alicyclic amines) is 1. The Labute approximate surface area is 288 Å². The van der Waals surface area contributed by atoms with E-state index in [1.807, 2.05) is 54.6 Å². The molecule has 2 aliphatic heterocycles. The van der Waals surface area contributed by atoms with Crippen LogP contribution in [0.5, 0.6) is 0 Å². The van der Waals surface area contributed by atoms with Gasteiger partial charge in [0.25, 0.3) is 0 Å². The summed E-state index contributed by atoms with van der Waals surface area (Å²) >= 11 is 0. The number of carbonyl (C=O) groups excluding carboxylic acids is 2. The lowest BCUT2D eigenvalue weighted by Crippen LogP contribution is -2.73. The smallest absolute Gasteiger partial charge is 0.246 e. The van der Waals surface area contributed by atoms with E-state index in [1.165, 1.54) is 23.6 Å². The van der Waals surface area contributed by atoms with Crippen LogP contribution in [-0.4, -0.2) is 114 Å². The number of sulfonamides is 1. The highest BCUT2D eigenvalue weighted by Crippen LogP contribution is 2.36. The van der Waals surface area contributed by atoms with Crippen LogP contribution in [0.3, 0.4) is 0 Å². The molecule has 0 radical (unpaired) electrons. The average molecular weight is 684 g/mol. The summed E-state index contributed by atoms with van der Waals surface area (Å²) in [6, 6.07) is 6.53. The number of piperidine rings is 1. The molecule has 1 unspecified atom stereocenters. The lowest BCUT2D eigenvalue weighted by atomic mass is 9.79. The van der Waals surface area contributed by atoms with E-state index in [1.54, 1.807) is 19.2 Å². The summed E-state index contributed by atoms with van der Waals surface area (Å²) in [4.78, 5) is 34.4. The minimum Gasteiger partial charge on any atom is -0.342 e. The number of aryl methyl sites for hydroxylation is 1. The SMILES string of the molecule is CCCCN1C(=O)C(CC2CCCCC2)NC(=O)C12CCN(Cc1c(C)nn(-c3ccc(S(=O)(=O)N(C)CCN(C)C)cc3)c1C)CC2. The van der Waals surface area contributed by atoms with Crippen molar-refractivity contribution in [1.29, 1.82) is 0 Å². The Morgan fingerprint density at radius 2 is 1.65 bits per heavy atom. The minimum absolute atomic E-state index is 0.0354. The van der Waals surface area contributed by atoms with Crippen LogP contribution in [0.2, 0.25) is 0 Å². The number of carbonyl (C=O) groups is 2. The zero-order chi connectivity index (χ0) is 34.6. The van der Waals surface area contributed by atoms with E-state index < -0.39 is 21.6 Å². The number of nitrogens with one attached hydrogen (secondary N) is 1. The molecule has 48 heavy (non-hydrogen) atoms. The van der Waals surface area contributed by atoms with E-state index in [9.17, 15) is 18.0 Å². The van der Waals surface area contributed by atoms with Gasteiger partial charge in [0.05, 0.1) is 16.3 Å². The summed E-state index contributed by atoms with van der Waals surface area (Å²) in [5.41, 5.74) is 3.09. The molecular formula is C36H57N7O4S. The molecule has 1 saturated carbocycles. The highest BCUT2D eigenvalue weighted by atomic mass is 32.2. The molecule has 266 valence electrons. The molecule has 2 aromatic rings. The van der Waals surface area contributed by atoms with Crippen LogP contribution in [0.4, 0.5) is 0 Å². The number of amides is 2. The Balaban J connectivity index is 1.25. The van der Waals surface area contributed by atoms with Crippen molar-refractivity contribution in [2.24, 2.45) is 5.92 Å². The molecule has 1 aliphatic carbocycles. The maximum atomic E-state index is 13.9. The fourth-order valence-corrected chi connectivity index (χ4v) is 8.95. The van der Waals surface area contributed by atoms with Crippen molar-refractivity contribution in [1.82, 2.24) is 34.1 Å². The first-order valence-electron chi connectivity index (χ1n) is 18.0. The number of hydrogen-bond donors (Lipinski definition) is 1. The maximum Gasteiger partial charge on any atom is 0.246 e. The number of rotatable bonds is 13. The minimum atomic E-state index is -3.59. The number of nitrogens with zero attached hydrogens (tertiary/aromatic N) is 6. The maximum absolute atomic E-state index is 13.9. The Kier molecular flexibility index (Phi) is 11.7. The summed E-state index contributed by atoms with van der Waals surface area (Å²) in [5, 5.41) is 8.05. The molecule has 1 N–H and O–H groups in total. The van der Waals surface area contributed by atoms with E-state index in [0.29, 0.717) is 58.0 Å². The topological polar surface area (TPSA) is 111 Å². The molecule has 5 rings (SSSR count). The Morgan fingerprint density at radius 3 is 2.27 bits per heavy atom. The fourth-order valence-electron chi connectivity index (χ4n) is 7.79. The van der Waals surface area contributed by atoms with Gasteiger partial charge in [-0.05, 0) is 83.8 Å². The van der Waals surface area contributed by atoms with E-state index in [4.69, 9.17) is 5.10 Å². The molecule has 3 heterocycles. The monoisotopic (exact) mass is 683 g/mol. The summed E-state index contributed by atoms with van der Waals surface area (Å²) in [6.45, 7) is 10.0. The lowest BCUT2D eigenvalue weighted by molar-refractivity contribution is -0.162. The molecule has 11 nitrogen and oxygen atoms in total. The molecule has 1 aromatic carbocycles. The first-order valence-corrected chi connectivity index (χ1v) is 19.4. The Morgan fingerprint density at radius 1 is 0.979 bits per heavy atom. The summed E-state index contributed by atoms with van der Waals surface area (Å²) in [5.74, 6) is 0.678. The van der Waals surface area contributed by atoms with Gasteiger partial charge >= 0.3 is 0 Å². The van der Waals surface area contributed by atoms with Gasteiger partial charge in [-0.1, -0.05) is 45.4 Å². The summed E-state index contributed by atoms with van der Waals surface area (Å²) < 4.78 is 29.5. The van der Waals surface area contributed by atoms with E-state index in [-0.39, 0.29) is 16.7 Å². The highest BCUT2D eigenvalue weighted by molar-refractivity contribution is 7.89. The normalized spacial score (nSPS) is 21.1. The van der Waals surface area contributed by atoms with Gasteiger partial charge in [0.15, 0.2) is 0 Å². The largest absolute Gasteiger partial charge is 0.342 e. The second kappa shape index (κ2) is 15.4. The molecule has 2 amide bonds. The molecule has 3 aliphatic rings. The van der Waals surface area contributed by atoms with Crippen LogP contribution < -0.4 is 5.32 Å². The van der Waals surface area contributed by atoms with Crippen LogP contribution in [0.1, 0.15) is 88.1 Å². The van der Waals surface area contributed by atoms with Gasteiger partial charge in [0.1, 0.15) is 11.6 Å². The van der Waals surface area contributed by atoms with Crippen molar-refractivity contribution in [2.75, 3.05) is 53.9 Å². The molecule has 2 saturated heterocycles. The quantitative estimate of drug-likeness (QED) is 0.339. The van der Waals surface area contributed by atoms with Crippen molar-refractivity contribution in [3.8, 4) is 5.69 Å². The molecule has 1 spiro atoms. The number of aromatic nitrogens is 2. The molecule has 3 fully saturated rings. The number of benzene rings is 1. The third kappa shape index (κ3) is 7.66. The van der Waals surface area contributed by atoms with Gasteiger partial charge in [-0.25, -0.2) is 13.1 Å². The van der Waals surface area contributed by atoms with E-state index in [0.717, 1.165) is 54.7 Å². The van der Waals surface area contributed by atoms with Gasteiger partial charge in [-0.15, -0.1) is 0 Å². The summed E-state index contributed by atoms with van der Waals surface area (Å²) in [6.07, 6.45) is 9.94. The first-order chi connectivity index (χ1) is 22.9. The van der Waals surface area contributed by atoms with Crippen LogP contribution in [0, 0.1) is 19.8 Å². The molecule has 0 bridgehead atoms. The second-order valence-electron chi connectivity index (χ2n) is 14.6. The van der Waals surface area contributed by atoms with Crippen LogP contribution >= 0.6 is 0 Å². The molecular weight excluding hydrogens is 627 g/mol. The van der Waals surface area contributed by atoms with Gasteiger partial charge in [-0.3, -0.25) is 14.5 Å². The van der Waals surface area contributed by atoms with Gasteiger partial charge < -0.3 is 15.1 Å². The van der Waals surface area contributed by atoms with Crippen LogP contribution in [0.25, 0.3) is 5.69 Å². The van der Waals surface area contributed by atoms with Crippen molar-refractivity contribution >= 4 is 21.8 Å². The molecule has 1 aromatic heterocycles. The zero-order valence-electron chi connectivity index (χ0n) is 30.0. The van der Waals surface area contributed by atoms with Crippen LogP contribution in [0.15, 0.2) is 29.2 Å². The third-order valence-corrected chi connectivity index (χ3v) is 12.9. The number of unbranched alkanes of at least 4 members (excludes halogenated alkanes) is 1. The fraction of sp³-hybridized carbons (Fsp3) is 0.694. The van der Waals surface area contributed by atoms with E-state index >= 15 is 0 Å². The number of piperazine rings is 1. The number of hydrogen-bond acceptors (Lipinski definition) is 7. The van der Waals surface area contributed by atoms with Gasteiger partial charge in [0, 0.05) is 57.6 Å². The van der Waals surface area contributed by atoms with Crippen molar-refractivity contribution in [2.45, 2.75) is 108 Å². The van der Waals surface area contributed by atoms with E-state index in [2.05, 4.69) is 17.1 Å². The molecule has 12 heteroatoms. The third-order valence-electron chi connectivity index (χ3n) is 11.0. The number of likely N-dealkylation sites (N-methyl/N-ethyl adjacent to an activating group) is 2. The first kappa shape index (κ1) is 36.5. The molecule has 1 atom stereocenters. The lowest BCUT2D eigenvalue weighted by Gasteiger charge is -2.52. The Bertz CT molecular complexity index is 1520. The highest BCUT2D eigenvalue weighted by Gasteiger charge is 2.53. The predicted molar refractivity (Wildman–Crippen MR) is 188 cm³/mol. The van der Waals surface area contributed by atoms with Crippen LogP contribution in [-0.2, 0) is 26.2 Å². The zero-order valence-corrected chi connectivity index (χ0v) is 30.8. The van der Waals surface area contributed by atoms with Gasteiger partial charge in [0.2, 0.25) is 21.8 Å².